The number of ether oxygens (including phenoxy) is 3. The van der Waals surface area contributed by atoms with Gasteiger partial charge in [0.2, 0.25) is 0 Å². The van der Waals surface area contributed by atoms with Crippen LogP contribution in [0, 0.1) is 0 Å². The van der Waals surface area contributed by atoms with Crippen LogP contribution in [0.2, 0.25) is 0 Å². The lowest BCUT2D eigenvalue weighted by atomic mass is 9.96. The largest absolute Gasteiger partial charge is 0.496 e. The van der Waals surface area contributed by atoms with Crippen molar-refractivity contribution in [3.05, 3.63) is 17.7 Å². The maximum Gasteiger partial charge on any atom is 0.170 e. The number of piperidine rings is 1. The van der Waals surface area contributed by atoms with Crippen molar-refractivity contribution in [2.75, 3.05) is 27.9 Å². The normalized spacial score (nSPS) is 20.2. The summed E-state index contributed by atoms with van der Waals surface area (Å²) in [4.78, 5) is 15.3. The van der Waals surface area contributed by atoms with Gasteiger partial charge >= 0.3 is 0 Å². The predicted octanol–water partition coefficient (Wildman–Crippen LogP) is 4.36. The molecule has 0 spiro atoms. The summed E-state index contributed by atoms with van der Waals surface area (Å²) < 4.78 is 16.0. The molecule has 1 saturated heterocycles. The fraction of sp³-hybridized carbons (Fsp3) is 0.650. The van der Waals surface area contributed by atoms with Crippen molar-refractivity contribution >= 4 is 18.2 Å². The second-order valence-electron chi connectivity index (χ2n) is 6.80. The fourth-order valence-corrected chi connectivity index (χ4v) is 3.74. The summed E-state index contributed by atoms with van der Waals surface area (Å²) in [6.45, 7) is 5.52. The van der Waals surface area contributed by atoms with Crippen LogP contribution in [0.5, 0.6) is 17.2 Å². The Morgan fingerprint density at radius 2 is 1.58 bits per heavy atom. The minimum absolute atomic E-state index is 0. The lowest BCUT2D eigenvalue weighted by molar-refractivity contribution is 0.0897. The minimum atomic E-state index is 0. The third-order valence-corrected chi connectivity index (χ3v) is 5.19. The molecule has 0 N–H and O–H groups in total. The molecule has 2 atom stereocenters. The Balaban J connectivity index is 0.00000338. The van der Waals surface area contributed by atoms with Crippen molar-refractivity contribution in [3.63, 3.8) is 0 Å². The number of methoxy groups -OCH3 is 3. The van der Waals surface area contributed by atoms with E-state index >= 15 is 0 Å². The molecule has 148 valence electrons. The molecule has 1 aliphatic rings. The minimum Gasteiger partial charge on any atom is -0.496 e. The number of nitrogens with zero attached hydrogens (tertiary/aromatic N) is 1. The highest BCUT2D eigenvalue weighted by molar-refractivity contribution is 6.01. The molecule has 0 aliphatic carbocycles. The number of benzene rings is 1. The van der Waals surface area contributed by atoms with Crippen molar-refractivity contribution in [1.29, 1.82) is 0 Å². The van der Waals surface area contributed by atoms with Crippen LogP contribution in [0.25, 0.3) is 0 Å². The van der Waals surface area contributed by atoms with E-state index in [1.54, 1.807) is 33.5 Å². The van der Waals surface area contributed by atoms with E-state index in [0.717, 1.165) is 13.0 Å². The van der Waals surface area contributed by atoms with Crippen molar-refractivity contribution in [2.24, 2.45) is 0 Å². The Kier molecular flexibility index (Phi) is 9.23. The van der Waals surface area contributed by atoms with Crippen LogP contribution in [0.15, 0.2) is 12.1 Å². The zero-order valence-corrected chi connectivity index (χ0v) is 17.4. The first-order valence-corrected chi connectivity index (χ1v) is 9.10. The van der Waals surface area contributed by atoms with Crippen LogP contribution in [0.1, 0.15) is 56.3 Å². The monoisotopic (exact) mass is 385 g/mol. The van der Waals surface area contributed by atoms with Gasteiger partial charge in [0.1, 0.15) is 22.8 Å². The van der Waals surface area contributed by atoms with Crippen LogP contribution < -0.4 is 14.2 Å². The molecular formula is C20H32ClNO4. The van der Waals surface area contributed by atoms with Crippen LogP contribution >= 0.6 is 12.4 Å². The zero-order chi connectivity index (χ0) is 18.4. The zero-order valence-electron chi connectivity index (χ0n) is 16.5. The smallest absolute Gasteiger partial charge is 0.170 e. The van der Waals surface area contributed by atoms with Gasteiger partial charge in [-0.15, -0.1) is 12.4 Å². The number of carbonyl (C=O) groups is 1. The lowest BCUT2D eigenvalue weighted by Gasteiger charge is -2.39. The Morgan fingerprint density at radius 1 is 1.04 bits per heavy atom. The van der Waals surface area contributed by atoms with Crippen molar-refractivity contribution in [1.82, 2.24) is 4.90 Å². The lowest BCUT2D eigenvalue weighted by Crippen LogP contribution is -2.44. The molecule has 1 aromatic rings. The van der Waals surface area contributed by atoms with E-state index in [1.165, 1.54) is 19.3 Å². The topological polar surface area (TPSA) is 48.0 Å². The average Bonchev–Trinajstić information content (AvgIpc) is 2.62. The van der Waals surface area contributed by atoms with Gasteiger partial charge in [-0.3, -0.25) is 9.69 Å². The molecule has 6 heteroatoms. The molecule has 1 aromatic carbocycles. The second-order valence-corrected chi connectivity index (χ2v) is 6.80. The summed E-state index contributed by atoms with van der Waals surface area (Å²) >= 11 is 0. The number of ketones is 1. The van der Waals surface area contributed by atoms with Gasteiger partial charge in [-0.05, 0) is 39.7 Å². The number of hydrogen-bond acceptors (Lipinski definition) is 5. The van der Waals surface area contributed by atoms with Crippen molar-refractivity contribution in [2.45, 2.75) is 58.0 Å². The van der Waals surface area contributed by atoms with Crippen molar-refractivity contribution < 1.29 is 19.0 Å². The van der Waals surface area contributed by atoms with E-state index in [1.807, 2.05) is 0 Å². The van der Waals surface area contributed by atoms with Gasteiger partial charge in [-0.1, -0.05) is 6.42 Å². The van der Waals surface area contributed by atoms with Crippen LogP contribution in [0.3, 0.4) is 0 Å². The summed E-state index contributed by atoms with van der Waals surface area (Å²) in [6.07, 6.45) is 5.12. The van der Waals surface area contributed by atoms with E-state index in [-0.39, 0.29) is 18.2 Å². The molecule has 5 nitrogen and oxygen atoms in total. The highest BCUT2D eigenvalue weighted by atomic mass is 35.5. The molecule has 26 heavy (non-hydrogen) atoms. The molecule has 1 aliphatic heterocycles. The Morgan fingerprint density at radius 3 is 2.04 bits per heavy atom. The van der Waals surface area contributed by atoms with Gasteiger partial charge in [0.05, 0.1) is 21.3 Å². The molecule has 0 saturated carbocycles. The number of hydrogen-bond donors (Lipinski definition) is 0. The van der Waals surface area contributed by atoms with Crippen molar-refractivity contribution in [3.8, 4) is 17.2 Å². The summed E-state index contributed by atoms with van der Waals surface area (Å²) in [5.41, 5.74) is 0.505. The van der Waals surface area contributed by atoms with E-state index in [4.69, 9.17) is 14.2 Å². The Bertz CT molecular complexity index is 558. The average molecular weight is 386 g/mol. The fourth-order valence-electron chi connectivity index (χ4n) is 3.74. The number of carbonyl (C=O) groups excluding carboxylic acids is 1. The molecule has 2 rings (SSSR count). The van der Waals surface area contributed by atoms with E-state index in [0.29, 0.717) is 41.3 Å². The first-order valence-electron chi connectivity index (χ1n) is 9.10. The van der Waals surface area contributed by atoms with Crippen LogP contribution in [0.4, 0.5) is 0 Å². The van der Waals surface area contributed by atoms with Crippen LogP contribution in [-0.4, -0.2) is 50.6 Å². The summed E-state index contributed by atoms with van der Waals surface area (Å²) in [7, 11) is 4.70. The molecule has 0 radical (unpaired) electrons. The summed E-state index contributed by atoms with van der Waals surface area (Å²) in [5.74, 6) is 1.66. The number of rotatable bonds is 8. The van der Waals surface area contributed by atoms with E-state index in [2.05, 4.69) is 18.7 Å². The first kappa shape index (κ1) is 22.6. The van der Waals surface area contributed by atoms with Gasteiger partial charge in [0, 0.05) is 30.6 Å². The maximum atomic E-state index is 12.8. The summed E-state index contributed by atoms with van der Waals surface area (Å²) in [5, 5.41) is 0. The van der Waals surface area contributed by atoms with Crippen LogP contribution in [-0.2, 0) is 0 Å². The third-order valence-electron chi connectivity index (χ3n) is 5.19. The molecule has 1 heterocycles. The van der Waals surface area contributed by atoms with Gasteiger partial charge in [-0.25, -0.2) is 0 Å². The Labute approximate surface area is 163 Å². The predicted molar refractivity (Wildman–Crippen MR) is 106 cm³/mol. The SMILES string of the molecule is COc1cc(OC)c(C(=O)CCCN2C(C)CCCC2C)c(OC)c1.Cl. The highest BCUT2D eigenvalue weighted by Crippen LogP contribution is 2.35. The molecule has 0 aromatic heterocycles. The second kappa shape index (κ2) is 10.6. The summed E-state index contributed by atoms with van der Waals surface area (Å²) in [6, 6.07) is 4.66. The number of likely N-dealkylation sites (tertiary alicyclic amines) is 1. The van der Waals surface area contributed by atoms with Gasteiger partial charge in [-0.2, -0.15) is 0 Å². The molecule has 0 bridgehead atoms. The quantitative estimate of drug-likeness (QED) is 0.622. The van der Waals surface area contributed by atoms with Gasteiger partial charge < -0.3 is 14.2 Å². The molecule has 1 fully saturated rings. The van der Waals surface area contributed by atoms with E-state index in [9.17, 15) is 4.79 Å². The Hall–Kier alpha value is -1.46. The number of Topliss-reactive ketones (excluding diaryl/α,β-unsaturated/α-hetero) is 1. The first-order chi connectivity index (χ1) is 12.0. The van der Waals surface area contributed by atoms with Gasteiger partial charge in [0.25, 0.3) is 0 Å². The number of halogens is 1. The highest BCUT2D eigenvalue weighted by Gasteiger charge is 2.25. The standard InChI is InChI=1S/C20H31NO4.ClH/c1-14-8-6-9-15(2)21(14)11-7-10-17(22)20-18(24-4)12-16(23-3)13-19(20)25-5;/h12-15H,6-11H2,1-5H3;1H. The maximum absolute atomic E-state index is 12.8. The molecule has 0 amide bonds. The van der Waals surface area contributed by atoms with E-state index < -0.39 is 0 Å². The molecular weight excluding hydrogens is 354 g/mol. The van der Waals surface area contributed by atoms with Gasteiger partial charge in [0.15, 0.2) is 5.78 Å². The molecule has 2 unspecified atom stereocenters. The third kappa shape index (κ3) is 5.27.